The maximum absolute atomic E-state index is 13.7. The van der Waals surface area contributed by atoms with E-state index in [4.69, 9.17) is 0 Å². The molecule has 0 atom stereocenters. The molecule has 0 radical (unpaired) electrons. The standard InChI is InChI=1S/C15H8F4N2O/c16-8-3-1-7(2-4-8)5-11-20-14-10(18)6-9(17)13(19)12(14)15(22)21-11/h1-4,6H,5H2,(H,20,21,22). The van der Waals surface area contributed by atoms with Gasteiger partial charge < -0.3 is 4.98 Å². The fourth-order valence-electron chi connectivity index (χ4n) is 2.14. The zero-order valence-corrected chi connectivity index (χ0v) is 11.0. The van der Waals surface area contributed by atoms with E-state index in [1.54, 1.807) is 0 Å². The fourth-order valence-corrected chi connectivity index (χ4v) is 2.14. The van der Waals surface area contributed by atoms with Crippen LogP contribution < -0.4 is 5.56 Å². The number of rotatable bonds is 2. The quantitative estimate of drug-likeness (QED) is 0.584. The molecule has 0 aliphatic heterocycles. The van der Waals surface area contributed by atoms with Gasteiger partial charge in [0.05, 0.1) is 0 Å². The second-order valence-corrected chi connectivity index (χ2v) is 4.69. The van der Waals surface area contributed by atoms with Crippen molar-refractivity contribution >= 4 is 10.9 Å². The molecule has 0 unspecified atom stereocenters. The van der Waals surface area contributed by atoms with Gasteiger partial charge >= 0.3 is 0 Å². The molecule has 0 aliphatic carbocycles. The molecule has 0 spiro atoms. The molecule has 1 N–H and O–H groups in total. The number of fused-ring (bicyclic) bond motifs is 1. The van der Waals surface area contributed by atoms with Crippen LogP contribution in [-0.4, -0.2) is 9.97 Å². The van der Waals surface area contributed by atoms with Crippen LogP contribution in [-0.2, 0) is 6.42 Å². The zero-order valence-electron chi connectivity index (χ0n) is 11.0. The van der Waals surface area contributed by atoms with Gasteiger partial charge in [-0.25, -0.2) is 22.5 Å². The van der Waals surface area contributed by atoms with Gasteiger partial charge in [0.15, 0.2) is 17.5 Å². The lowest BCUT2D eigenvalue weighted by Gasteiger charge is -2.05. The summed E-state index contributed by atoms with van der Waals surface area (Å²) in [5.41, 5.74) is -0.898. The molecule has 0 saturated heterocycles. The molecule has 1 aromatic heterocycles. The SMILES string of the molecule is O=c1[nH]c(Cc2ccc(F)cc2)nc2c(F)cc(F)c(F)c12. The summed E-state index contributed by atoms with van der Waals surface area (Å²) in [6, 6.07) is 5.74. The van der Waals surface area contributed by atoms with Gasteiger partial charge in [0.25, 0.3) is 5.56 Å². The van der Waals surface area contributed by atoms with Crippen molar-refractivity contribution in [2.75, 3.05) is 0 Å². The highest BCUT2D eigenvalue weighted by Crippen LogP contribution is 2.19. The Kier molecular flexibility index (Phi) is 3.40. The van der Waals surface area contributed by atoms with E-state index in [1.807, 2.05) is 0 Å². The van der Waals surface area contributed by atoms with Crippen molar-refractivity contribution in [3.05, 3.63) is 75.3 Å². The normalized spacial score (nSPS) is 11.1. The van der Waals surface area contributed by atoms with E-state index in [9.17, 15) is 22.4 Å². The van der Waals surface area contributed by atoms with E-state index in [0.29, 0.717) is 11.6 Å². The Hall–Kier alpha value is -2.70. The van der Waals surface area contributed by atoms with Crippen LogP contribution in [0.1, 0.15) is 11.4 Å². The van der Waals surface area contributed by atoms with E-state index < -0.39 is 39.7 Å². The number of aromatic nitrogens is 2. The van der Waals surface area contributed by atoms with E-state index in [0.717, 1.165) is 0 Å². The van der Waals surface area contributed by atoms with Gasteiger partial charge in [0.2, 0.25) is 0 Å². The number of aromatic amines is 1. The second-order valence-electron chi connectivity index (χ2n) is 4.69. The number of hydrogen-bond acceptors (Lipinski definition) is 2. The van der Waals surface area contributed by atoms with Crippen molar-refractivity contribution in [2.45, 2.75) is 6.42 Å². The molecule has 3 nitrogen and oxygen atoms in total. The zero-order chi connectivity index (χ0) is 15.9. The van der Waals surface area contributed by atoms with Crippen LogP contribution >= 0.6 is 0 Å². The van der Waals surface area contributed by atoms with Crippen LogP contribution in [0.4, 0.5) is 17.6 Å². The van der Waals surface area contributed by atoms with Crippen molar-refractivity contribution in [1.82, 2.24) is 9.97 Å². The topological polar surface area (TPSA) is 45.8 Å². The van der Waals surface area contributed by atoms with Crippen molar-refractivity contribution in [3.8, 4) is 0 Å². The van der Waals surface area contributed by atoms with E-state index >= 15 is 0 Å². The third kappa shape index (κ3) is 2.45. The molecule has 7 heteroatoms. The van der Waals surface area contributed by atoms with Crippen LogP contribution in [0.15, 0.2) is 35.1 Å². The minimum Gasteiger partial charge on any atom is -0.310 e. The number of nitrogens with one attached hydrogen (secondary N) is 1. The van der Waals surface area contributed by atoms with Crippen LogP contribution in [0, 0.1) is 23.3 Å². The highest BCUT2D eigenvalue weighted by molar-refractivity contribution is 5.78. The predicted octanol–water partition coefficient (Wildman–Crippen LogP) is 3.07. The summed E-state index contributed by atoms with van der Waals surface area (Å²) in [6.45, 7) is 0. The molecule has 0 fully saturated rings. The summed E-state index contributed by atoms with van der Waals surface area (Å²) in [5.74, 6) is -4.39. The lowest BCUT2D eigenvalue weighted by Crippen LogP contribution is -2.15. The van der Waals surface area contributed by atoms with Gasteiger partial charge in [-0.15, -0.1) is 0 Å². The second kappa shape index (κ2) is 5.25. The molecule has 2 aromatic carbocycles. The predicted molar refractivity (Wildman–Crippen MR) is 71.4 cm³/mol. The fraction of sp³-hybridized carbons (Fsp3) is 0.0667. The Morgan fingerprint density at radius 3 is 2.36 bits per heavy atom. The first-order valence-electron chi connectivity index (χ1n) is 6.26. The molecular formula is C15H8F4N2O. The Morgan fingerprint density at radius 1 is 1.00 bits per heavy atom. The molecular weight excluding hydrogens is 300 g/mol. The first kappa shape index (κ1) is 14.2. The van der Waals surface area contributed by atoms with Crippen molar-refractivity contribution in [3.63, 3.8) is 0 Å². The maximum Gasteiger partial charge on any atom is 0.261 e. The van der Waals surface area contributed by atoms with Crippen molar-refractivity contribution in [2.24, 2.45) is 0 Å². The van der Waals surface area contributed by atoms with Gasteiger partial charge in [-0.2, -0.15) is 0 Å². The van der Waals surface area contributed by atoms with Gasteiger partial charge in [-0.1, -0.05) is 12.1 Å². The Balaban J connectivity index is 2.13. The third-order valence-corrected chi connectivity index (χ3v) is 3.16. The number of halogens is 4. The molecule has 0 amide bonds. The summed E-state index contributed by atoms with van der Waals surface area (Å²) in [4.78, 5) is 17.9. The van der Waals surface area contributed by atoms with Gasteiger partial charge in [0.1, 0.15) is 22.5 Å². The summed E-state index contributed by atoms with van der Waals surface area (Å²) in [6.07, 6.45) is 0.0872. The largest absolute Gasteiger partial charge is 0.310 e. The summed E-state index contributed by atoms with van der Waals surface area (Å²) in [7, 11) is 0. The number of nitrogens with zero attached hydrogens (tertiary/aromatic N) is 1. The van der Waals surface area contributed by atoms with E-state index in [-0.39, 0.29) is 12.2 Å². The molecule has 3 rings (SSSR count). The Bertz CT molecular complexity index is 919. The molecule has 3 aromatic rings. The minimum absolute atomic E-state index is 0.0639. The first-order valence-corrected chi connectivity index (χ1v) is 6.26. The Labute approximate surface area is 121 Å². The molecule has 0 saturated carbocycles. The lowest BCUT2D eigenvalue weighted by atomic mass is 10.1. The summed E-state index contributed by atoms with van der Waals surface area (Å²) >= 11 is 0. The van der Waals surface area contributed by atoms with Gasteiger partial charge in [-0.3, -0.25) is 4.79 Å². The van der Waals surface area contributed by atoms with Gasteiger partial charge in [0, 0.05) is 12.5 Å². The van der Waals surface area contributed by atoms with Crippen molar-refractivity contribution in [1.29, 1.82) is 0 Å². The molecule has 22 heavy (non-hydrogen) atoms. The minimum atomic E-state index is -1.46. The van der Waals surface area contributed by atoms with Crippen LogP contribution in [0.3, 0.4) is 0 Å². The number of H-pyrrole nitrogens is 1. The molecule has 112 valence electrons. The average Bonchev–Trinajstić information content (AvgIpc) is 2.47. The van der Waals surface area contributed by atoms with Crippen molar-refractivity contribution < 1.29 is 17.6 Å². The average molecular weight is 308 g/mol. The number of hydrogen-bond donors (Lipinski definition) is 1. The highest BCUT2D eigenvalue weighted by Gasteiger charge is 2.17. The number of benzene rings is 2. The van der Waals surface area contributed by atoms with Gasteiger partial charge in [-0.05, 0) is 17.7 Å². The van der Waals surface area contributed by atoms with E-state index in [1.165, 1.54) is 24.3 Å². The van der Waals surface area contributed by atoms with E-state index in [2.05, 4.69) is 9.97 Å². The smallest absolute Gasteiger partial charge is 0.261 e. The highest BCUT2D eigenvalue weighted by atomic mass is 19.2. The molecule has 0 bridgehead atoms. The Morgan fingerprint density at radius 2 is 1.68 bits per heavy atom. The van der Waals surface area contributed by atoms with Crippen LogP contribution in [0.2, 0.25) is 0 Å². The maximum atomic E-state index is 13.7. The summed E-state index contributed by atoms with van der Waals surface area (Å²) in [5, 5.41) is -0.764. The van der Waals surface area contributed by atoms with Crippen LogP contribution in [0.5, 0.6) is 0 Å². The van der Waals surface area contributed by atoms with Crippen LogP contribution in [0.25, 0.3) is 10.9 Å². The molecule has 1 heterocycles. The lowest BCUT2D eigenvalue weighted by molar-refractivity contribution is 0.504. The summed E-state index contributed by atoms with van der Waals surface area (Å²) < 4.78 is 53.3. The molecule has 0 aliphatic rings. The third-order valence-electron chi connectivity index (χ3n) is 3.16. The monoisotopic (exact) mass is 308 g/mol. The first-order chi connectivity index (χ1) is 10.5.